The van der Waals surface area contributed by atoms with Gasteiger partial charge in [0.05, 0.1) is 0 Å². The maximum atomic E-state index is 3.44. The summed E-state index contributed by atoms with van der Waals surface area (Å²) >= 11 is 0. The van der Waals surface area contributed by atoms with Crippen molar-refractivity contribution in [3.8, 4) is 0 Å². The quantitative estimate of drug-likeness (QED) is 0.735. The van der Waals surface area contributed by atoms with E-state index in [0.29, 0.717) is 0 Å². The topological polar surface area (TPSA) is 31.1 Å². The van der Waals surface area contributed by atoms with Gasteiger partial charge in [0.1, 0.15) is 0 Å². The number of fused-ring (bicyclic) bond motifs is 1. The number of aromatic nitrogens is 1. The second-order valence-corrected chi connectivity index (χ2v) is 4.84. The molecule has 0 radical (unpaired) electrons. The molecule has 0 atom stereocenters. The van der Waals surface area contributed by atoms with E-state index in [-0.39, 0.29) is 0 Å². The third-order valence-electron chi connectivity index (χ3n) is 3.22. The molecule has 3 heteroatoms. The van der Waals surface area contributed by atoms with Crippen LogP contribution in [0, 0.1) is 0 Å². The number of likely N-dealkylation sites (N-methyl/N-ethyl adjacent to an activating group) is 1. The lowest BCUT2D eigenvalue weighted by molar-refractivity contribution is 0.326. The minimum absolute atomic E-state index is 1.00. The molecule has 0 aliphatic heterocycles. The second kappa shape index (κ2) is 6.57. The van der Waals surface area contributed by atoms with Gasteiger partial charge in [-0.2, -0.15) is 0 Å². The van der Waals surface area contributed by atoms with Crippen molar-refractivity contribution < 1.29 is 0 Å². The van der Waals surface area contributed by atoms with Crippen LogP contribution in [0.4, 0.5) is 0 Å². The van der Waals surface area contributed by atoms with Gasteiger partial charge in [-0.05, 0) is 37.7 Å². The van der Waals surface area contributed by atoms with E-state index in [4.69, 9.17) is 0 Å². The molecule has 2 N–H and O–H groups in total. The van der Waals surface area contributed by atoms with Gasteiger partial charge in [0.15, 0.2) is 0 Å². The normalized spacial score (nSPS) is 11.5. The van der Waals surface area contributed by atoms with E-state index in [1.165, 1.54) is 22.9 Å². The molecule has 1 aromatic carbocycles. The number of nitrogens with zero attached hydrogens (tertiary/aromatic N) is 1. The molecule has 3 nitrogen and oxygen atoms in total. The van der Waals surface area contributed by atoms with Crippen molar-refractivity contribution in [3.05, 3.63) is 36.0 Å². The van der Waals surface area contributed by atoms with E-state index in [1.54, 1.807) is 0 Å². The standard InChI is InChI=1S/C15H23N3/c1-3-8-16-10-11-18(2)12-13-5-4-6-15-14(13)7-9-17-15/h4-7,9,16-17H,3,8,10-12H2,1-2H3. The molecule has 18 heavy (non-hydrogen) atoms. The zero-order valence-electron chi connectivity index (χ0n) is 11.4. The first-order valence-electron chi connectivity index (χ1n) is 6.75. The van der Waals surface area contributed by atoms with Crippen LogP contribution < -0.4 is 5.32 Å². The second-order valence-electron chi connectivity index (χ2n) is 4.84. The number of H-pyrrole nitrogens is 1. The Bertz CT molecular complexity index is 475. The smallest absolute Gasteiger partial charge is 0.0457 e. The number of aromatic amines is 1. The van der Waals surface area contributed by atoms with Crippen LogP contribution in [0.3, 0.4) is 0 Å². The molecule has 0 spiro atoms. The average molecular weight is 245 g/mol. The van der Waals surface area contributed by atoms with Gasteiger partial charge in [-0.25, -0.2) is 0 Å². The van der Waals surface area contributed by atoms with Crippen LogP contribution >= 0.6 is 0 Å². The number of benzene rings is 1. The van der Waals surface area contributed by atoms with E-state index in [2.05, 4.69) is 53.4 Å². The molecule has 0 unspecified atom stereocenters. The van der Waals surface area contributed by atoms with Gasteiger partial charge < -0.3 is 15.2 Å². The van der Waals surface area contributed by atoms with E-state index < -0.39 is 0 Å². The SMILES string of the molecule is CCCNCCN(C)Cc1cccc2[nH]ccc12. The summed E-state index contributed by atoms with van der Waals surface area (Å²) in [4.78, 5) is 5.63. The molecular weight excluding hydrogens is 222 g/mol. The number of nitrogens with one attached hydrogen (secondary N) is 2. The van der Waals surface area contributed by atoms with Crippen LogP contribution in [-0.4, -0.2) is 36.6 Å². The van der Waals surface area contributed by atoms with Gasteiger partial charge in [0.25, 0.3) is 0 Å². The minimum Gasteiger partial charge on any atom is -0.361 e. The molecular formula is C15H23N3. The van der Waals surface area contributed by atoms with Gasteiger partial charge in [0, 0.05) is 36.7 Å². The maximum Gasteiger partial charge on any atom is 0.0457 e. The summed E-state index contributed by atoms with van der Waals surface area (Å²) in [7, 11) is 2.18. The highest BCUT2D eigenvalue weighted by atomic mass is 15.1. The van der Waals surface area contributed by atoms with E-state index in [9.17, 15) is 0 Å². The first-order chi connectivity index (χ1) is 8.81. The lowest BCUT2D eigenvalue weighted by Crippen LogP contribution is -2.29. The summed E-state index contributed by atoms with van der Waals surface area (Å²) in [5.74, 6) is 0. The maximum absolute atomic E-state index is 3.44. The summed E-state index contributed by atoms with van der Waals surface area (Å²) in [5, 5.41) is 4.77. The highest BCUT2D eigenvalue weighted by Gasteiger charge is 2.04. The fraction of sp³-hybridized carbons (Fsp3) is 0.467. The Morgan fingerprint density at radius 2 is 2.11 bits per heavy atom. The first-order valence-corrected chi connectivity index (χ1v) is 6.75. The van der Waals surface area contributed by atoms with Gasteiger partial charge in [0.2, 0.25) is 0 Å². The van der Waals surface area contributed by atoms with E-state index in [1.807, 2.05) is 6.20 Å². The summed E-state index contributed by atoms with van der Waals surface area (Å²) in [5.41, 5.74) is 2.62. The van der Waals surface area contributed by atoms with Gasteiger partial charge >= 0.3 is 0 Å². The predicted octanol–water partition coefficient (Wildman–Crippen LogP) is 2.60. The molecule has 0 amide bonds. The van der Waals surface area contributed by atoms with Crippen LogP contribution in [0.1, 0.15) is 18.9 Å². The average Bonchev–Trinajstić information content (AvgIpc) is 2.84. The summed E-state index contributed by atoms with van der Waals surface area (Å²) in [6.07, 6.45) is 3.21. The van der Waals surface area contributed by atoms with Gasteiger partial charge in [-0.15, -0.1) is 0 Å². The van der Waals surface area contributed by atoms with Crippen molar-refractivity contribution >= 4 is 10.9 Å². The van der Waals surface area contributed by atoms with Crippen molar-refractivity contribution in [3.63, 3.8) is 0 Å². The summed E-state index contributed by atoms with van der Waals surface area (Å²) < 4.78 is 0. The highest BCUT2D eigenvalue weighted by Crippen LogP contribution is 2.18. The lowest BCUT2D eigenvalue weighted by atomic mass is 10.1. The monoisotopic (exact) mass is 245 g/mol. The number of hydrogen-bond acceptors (Lipinski definition) is 2. The largest absolute Gasteiger partial charge is 0.361 e. The predicted molar refractivity (Wildman–Crippen MR) is 77.8 cm³/mol. The van der Waals surface area contributed by atoms with Crippen molar-refractivity contribution in [1.29, 1.82) is 0 Å². The highest BCUT2D eigenvalue weighted by molar-refractivity contribution is 5.82. The number of hydrogen-bond donors (Lipinski definition) is 2. The van der Waals surface area contributed by atoms with Crippen LogP contribution in [0.25, 0.3) is 10.9 Å². The van der Waals surface area contributed by atoms with Crippen molar-refractivity contribution in [2.24, 2.45) is 0 Å². The zero-order chi connectivity index (χ0) is 12.8. The fourth-order valence-electron chi connectivity index (χ4n) is 2.23. The molecule has 1 heterocycles. The molecule has 98 valence electrons. The molecule has 1 aromatic heterocycles. The lowest BCUT2D eigenvalue weighted by Gasteiger charge is -2.17. The Morgan fingerprint density at radius 1 is 1.22 bits per heavy atom. The number of rotatable bonds is 7. The van der Waals surface area contributed by atoms with Crippen LogP contribution in [0.2, 0.25) is 0 Å². The van der Waals surface area contributed by atoms with Gasteiger partial charge in [-0.3, -0.25) is 0 Å². The third-order valence-corrected chi connectivity index (χ3v) is 3.22. The van der Waals surface area contributed by atoms with Crippen molar-refractivity contribution in [2.75, 3.05) is 26.7 Å². The Hall–Kier alpha value is -1.32. The molecule has 0 bridgehead atoms. The van der Waals surface area contributed by atoms with Crippen LogP contribution in [0.15, 0.2) is 30.5 Å². The molecule has 2 rings (SSSR count). The molecule has 0 saturated heterocycles. The molecule has 0 aliphatic rings. The molecule has 0 aliphatic carbocycles. The van der Waals surface area contributed by atoms with Crippen LogP contribution in [0.5, 0.6) is 0 Å². The van der Waals surface area contributed by atoms with Crippen molar-refractivity contribution in [2.45, 2.75) is 19.9 Å². The van der Waals surface area contributed by atoms with E-state index in [0.717, 1.165) is 26.2 Å². The van der Waals surface area contributed by atoms with Crippen molar-refractivity contribution in [1.82, 2.24) is 15.2 Å². The Labute approximate surface area is 109 Å². The van der Waals surface area contributed by atoms with Gasteiger partial charge in [-0.1, -0.05) is 19.1 Å². The molecule has 0 saturated carbocycles. The first kappa shape index (κ1) is 13.1. The summed E-state index contributed by atoms with van der Waals surface area (Å²) in [6.45, 7) is 6.46. The fourth-order valence-corrected chi connectivity index (χ4v) is 2.23. The van der Waals surface area contributed by atoms with Crippen LogP contribution in [-0.2, 0) is 6.54 Å². The third kappa shape index (κ3) is 3.34. The molecule has 0 fully saturated rings. The Morgan fingerprint density at radius 3 is 2.94 bits per heavy atom. The van der Waals surface area contributed by atoms with E-state index >= 15 is 0 Å². The zero-order valence-corrected chi connectivity index (χ0v) is 11.4. The Balaban J connectivity index is 1.90. The minimum atomic E-state index is 1.00. The summed E-state index contributed by atoms with van der Waals surface area (Å²) in [6, 6.07) is 8.62. The molecule has 2 aromatic rings. The Kier molecular flexibility index (Phi) is 4.79.